The number of rotatable bonds is 5. The summed E-state index contributed by atoms with van der Waals surface area (Å²) in [5.74, 6) is 0.549. The van der Waals surface area contributed by atoms with Gasteiger partial charge < -0.3 is 15.4 Å². The summed E-state index contributed by atoms with van der Waals surface area (Å²) in [7, 11) is 1.56. The van der Waals surface area contributed by atoms with Gasteiger partial charge in [-0.3, -0.25) is 4.79 Å². The van der Waals surface area contributed by atoms with Crippen molar-refractivity contribution in [2.75, 3.05) is 19.4 Å². The molecular weight excluding hydrogens is 352 g/mol. The van der Waals surface area contributed by atoms with E-state index >= 15 is 0 Å². The Morgan fingerprint density at radius 2 is 2.14 bits per heavy atom. The SMILES string of the molecule is CCN(Cc1ccc(Br)s1)C(=O)c1ccc(OC)c(N)c1. The molecule has 0 saturated heterocycles. The number of nitrogens with zero attached hydrogens (tertiary/aromatic N) is 1. The average Bonchev–Trinajstić information content (AvgIpc) is 2.89. The van der Waals surface area contributed by atoms with Crippen LogP contribution < -0.4 is 10.5 Å². The number of hydrogen-bond donors (Lipinski definition) is 1. The maximum absolute atomic E-state index is 12.6. The minimum atomic E-state index is -0.0311. The zero-order valence-corrected chi connectivity index (χ0v) is 14.3. The van der Waals surface area contributed by atoms with Crippen LogP contribution in [0.5, 0.6) is 5.75 Å². The molecule has 0 aliphatic heterocycles. The number of amides is 1. The van der Waals surface area contributed by atoms with Gasteiger partial charge in [-0.2, -0.15) is 0 Å². The number of thiophene rings is 1. The molecule has 1 aromatic carbocycles. The van der Waals surface area contributed by atoms with Gasteiger partial charge in [-0.15, -0.1) is 11.3 Å². The van der Waals surface area contributed by atoms with Gasteiger partial charge in [0.15, 0.2) is 0 Å². The second kappa shape index (κ2) is 6.95. The molecule has 1 aromatic heterocycles. The van der Waals surface area contributed by atoms with E-state index in [0.29, 0.717) is 30.1 Å². The standard InChI is InChI=1S/C15H17BrN2O2S/c1-3-18(9-11-5-7-14(16)21-11)15(19)10-4-6-13(20-2)12(17)8-10/h4-8H,3,9,17H2,1-2H3. The van der Waals surface area contributed by atoms with Crippen molar-refractivity contribution in [3.63, 3.8) is 0 Å². The molecule has 21 heavy (non-hydrogen) atoms. The maximum atomic E-state index is 12.6. The van der Waals surface area contributed by atoms with Crippen LogP contribution in [-0.2, 0) is 6.54 Å². The van der Waals surface area contributed by atoms with Crippen molar-refractivity contribution in [2.45, 2.75) is 13.5 Å². The van der Waals surface area contributed by atoms with Gasteiger partial charge in [-0.1, -0.05) is 0 Å². The topological polar surface area (TPSA) is 55.6 Å². The lowest BCUT2D eigenvalue weighted by Crippen LogP contribution is -2.30. The lowest BCUT2D eigenvalue weighted by molar-refractivity contribution is 0.0754. The predicted octanol–water partition coefficient (Wildman–Crippen LogP) is 3.76. The summed E-state index contributed by atoms with van der Waals surface area (Å²) in [6.07, 6.45) is 0. The van der Waals surface area contributed by atoms with Crippen molar-refractivity contribution in [3.05, 3.63) is 44.6 Å². The second-order valence-corrected chi connectivity index (χ2v) is 7.03. The van der Waals surface area contributed by atoms with Crippen LogP contribution in [0.2, 0.25) is 0 Å². The first kappa shape index (κ1) is 15.9. The van der Waals surface area contributed by atoms with Crippen LogP contribution in [0, 0.1) is 0 Å². The van der Waals surface area contributed by atoms with E-state index in [1.807, 2.05) is 19.1 Å². The highest BCUT2D eigenvalue weighted by atomic mass is 79.9. The molecule has 0 aliphatic rings. The zero-order valence-electron chi connectivity index (χ0n) is 11.9. The Balaban J connectivity index is 2.17. The molecule has 0 fully saturated rings. The number of halogens is 1. The van der Waals surface area contributed by atoms with Crippen molar-refractivity contribution < 1.29 is 9.53 Å². The average molecular weight is 369 g/mol. The molecule has 1 amide bonds. The van der Waals surface area contributed by atoms with Crippen LogP contribution in [0.3, 0.4) is 0 Å². The number of nitrogens with two attached hydrogens (primary N) is 1. The first-order chi connectivity index (χ1) is 10.0. The molecule has 0 spiro atoms. The molecule has 1 heterocycles. The van der Waals surface area contributed by atoms with Crippen LogP contribution in [-0.4, -0.2) is 24.5 Å². The molecule has 2 N–H and O–H groups in total. The van der Waals surface area contributed by atoms with E-state index < -0.39 is 0 Å². The Morgan fingerprint density at radius 1 is 1.38 bits per heavy atom. The van der Waals surface area contributed by atoms with Gasteiger partial charge in [0.1, 0.15) is 5.75 Å². The van der Waals surface area contributed by atoms with E-state index in [1.54, 1.807) is 41.5 Å². The van der Waals surface area contributed by atoms with Crippen LogP contribution in [0.1, 0.15) is 22.2 Å². The fraction of sp³-hybridized carbons (Fsp3) is 0.267. The fourth-order valence-corrected chi connectivity index (χ4v) is 3.50. The minimum absolute atomic E-state index is 0.0311. The highest BCUT2D eigenvalue weighted by Crippen LogP contribution is 2.25. The van der Waals surface area contributed by atoms with Crippen LogP contribution in [0.15, 0.2) is 34.1 Å². The van der Waals surface area contributed by atoms with E-state index in [-0.39, 0.29) is 5.91 Å². The highest BCUT2D eigenvalue weighted by Gasteiger charge is 2.16. The molecule has 0 bridgehead atoms. The van der Waals surface area contributed by atoms with Crippen molar-refractivity contribution in [2.24, 2.45) is 0 Å². The number of anilines is 1. The van der Waals surface area contributed by atoms with Crippen molar-refractivity contribution in [1.82, 2.24) is 4.90 Å². The zero-order chi connectivity index (χ0) is 15.4. The Hall–Kier alpha value is -1.53. The van der Waals surface area contributed by atoms with E-state index in [4.69, 9.17) is 10.5 Å². The summed E-state index contributed by atoms with van der Waals surface area (Å²) >= 11 is 5.07. The van der Waals surface area contributed by atoms with E-state index in [0.717, 1.165) is 8.66 Å². The molecule has 2 aromatic rings. The quantitative estimate of drug-likeness (QED) is 0.817. The molecular formula is C15H17BrN2O2S. The number of hydrogen-bond acceptors (Lipinski definition) is 4. The lowest BCUT2D eigenvalue weighted by Gasteiger charge is -2.20. The number of nitrogen functional groups attached to an aromatic ring is 1. The molecule has 0 atom stereocenters. The molecule has 2 rings (SSSR count). The normalized spacial score (nSPS) is 10.4. The van der Waals surface area contributed by atoms with Gasteiger partial charge >= 0.3 is 0 Å². The van der Waals surface area contributed by atoms with Crippen molar-refractivity contribution >= 4 is 38.9 Å². The van der Waals surface area contributed by atoms with E-state index in [2.05, 4.69) is 15.9 Å². The Morgan fingerprint density at radius 3 is 2.67 bits per heavy atom. The Labute approximate surface area is 136 Å². The van der Waals surface area contributed by atoms with Gasteiger partial charge in [-0.25, -0.2) is 0 Å². The molecule has 112 valence electrons. The Kier molecular flexibility index (Phi) is 5.25. The predicted molar refractivity (Wildman–Crippen MR) is 89.8 cm³/mol. The molecule has 6 heteroatoms. The van der Waals surface area contributed by atoms with Crippen molar-refractivity contribution in [3.8, 4) is 5.75 Å². The highest BCUT2D eigenvalue weighted by molar-refractivity contribution is 9.11. The molecule has 4 nitrogen and oxygen atoms in total. The number of methoxy groups -OCH3 is 1. The number of carbonyl (C=O) groups excluding carboxylic acids is 1. The molecule has 0 unspecified atom stereocenters. The summed E-state index contributed by atoms with van der Waals surface area (Å²) in [5, 5.41) is 0. The molecule has 0 radical (unpaired) electrons. The van der Waals surface area contributed by atoms with Crippen LogP contribution >= 0.6 is 27.3 Å². The summed E-state index contributed by atoms with van der Waals surface area (Å²) in [4.78, 5) is 15.5. The third kappa shape index (κ3) is 3.77. The number of benzene rings is 1. The minimum Gasteiger partial charge on any atom is -0.495 e. The third-order valence-corrected chi connectivity index (χ3v) is 4.73. The third-order valence-electron chi connectivity index (χ3n) is 3.12. The van der Waals surface area contributed by atoms with E-state index in [9.17, 15) is 4.79 Å². The monoisotopic (exact) mass is 368 g/mol. The second-order valence-electron chi connectivity index (χ2n) is 4.48. The van der Waals surface area contributed by atoms with Gasteiger partial charge in [0.05, 0.1) is 23.1 Å². The van der Waals surface area contributed by atoms with Gasteiger partial charge in [0, 0.05) is 17.0 Å². The number of carbonyl (C=O) groups is 1. The maximum Gasteiger partial charge on any atom is 0.254 e. The first-order valence-electron chi connectivity index (χ1n) is 6.52. The summed E-state index contributed by atoms with van der Waals surface area (Å²) in [5.41, 5.74) is 6.91. The number of ether oxygens (including phenoxy) is 1. The molecule has 0 aliphatic carbocycles. The smallest absolute Gasteiger partial charge is 0.254 e. The van der Waals surface area contributed by atoms with Crippen LogP contribution in [0.4, 0.5) is 5.69 Å². The van der Waals surface area contributed by atoms with Crippen molar-refractivity contribution in [1.29, 1.82) is 0 Å². The molecule has 0 saturated carbocycles. The fourth-order valence-electron chi connectivity index (χ4n) is 2.00. The summed E-state index contributed by atoms with van der Waals surface area (Å²) < 4.78 is 6.18. The van der Waals surface area contributed by atoms with E-state index in [1.165, 1.54) is 0 Å². The first-order valence-corrected chi connectivity index (χ1v) is 8.13. The Bertz CT molecular complexity index is 642. The summed E-state index contributed by atoms with van der Waals surface area (Å²) in [6, 6.07) is 9.13. The van der Waals surface area contributed by atoms with Gasteiger partial charge in [0.25, 0.3) is 5.91 Å². The van der Waals surface area contributed by atoms with Gasteiger partial charge in [-0.05, 0) is 53.2 Å². The largest absolute Gasteiger partial charge is 0.495 e. The summed E-state index contributed by atoms with van der Waals surface area (Å²) in [6.45, 7) is 3.20. The lowest BCUT2D eigenvalue weighted by atomic mass is 10.1. The van der Waals surface area contributed by atoms with Gasteiger partial charge in [0.2, 0.25) is 0 Å². The van der Waals surface area contributed by atoms with Crippen LogP contribution in [0.25, 0.3) is 0 Å².